The summed E-state index contributed by atoms with van der Waals surface area (Å²) in [5, 5.41) is 10.4. The predicted octanol–water partition coefficient (Wildman–Crippen LogP) is 2.76. The Kier molecular flexibility index (Phi) is 8.19. The van der Waals surface area contributed by atoms with Crippen LogP contribution < -0.4 is 0 Å². The number of unbranched alkanes of at least 4 members (excludes halogenated alkanes) is 2. The van der Waals surface area contributed by atoms with Crippen molar-refractivity contribution in [1.29, 1.82) is 0 Å². The van der Waals surface area contributed by atoms with E-state index in [1.54, 1.807) is 9.80 Å². The second kappa shape index (κ2) is 10.9. The predicted molar refractivity (Wildman–Crippen MR) is 141 cm³/mol. The number of amides is 3. The highest BCUT2D eigenvalue weighted by molar-refractivity contribution is 6.00. The Labute approximate surface area is 221 Å². The molecule has 4 aliphatic heterocycles. The second-order valence-electron chi connectivity index (χ2n) is 11.8. The Bertz CT molecular complexity index is 948. The van der Waals surface area contributed by atoms with Crippen molar-refractivity contribution in [2.24, 2.45) is 17.8 Å². The average Bonchev–Trinajstić information content (AvgIpc) is 3.13. The third kappa shape index (κ3) is 4.65. The zero-order chi connectivity index (χ0) is 27.0. The first-order valence-corrected chi connectivity index (χ1v) is 14.2. The fourth-order valence-electron chi connectivity index (χ4n) is 7.00. The molecule has 4 rings (SSSR count). The normalized spacial score (nSPS) is 34.1. The maximum atomic E-state index is 14.4. The molecule has 0 aliphatic carbocycles. The number of rotatable bonds is 10. The Morgan fingerprint density at radius 1 is 0.946 bits per heavy atom. The van der Waals surface area contributed by atoms with E-state index in [1.807, 2.05) is 56.9 Å². The van der Waals surface area contributed by atoms with Crippen molar-refractivity contribution in [3.8, 4) is 0 Å². The monoisotopic (exact) mass is 515 g/mol. The number of ether oxygens (including phenoxy) is 1. The molecule has 206 valence electrons. The lowest BCUT2D eigenvalue weighted by atomic mass is 9.74. The van der Waals surface area contributed by atoms with Crippen LogP contribution in [0.3, 0.4) is 0 Å². The van der Waals surface area contributed by atoms with Gasteiger partial charge in [0.25, 0.3) is 0 Å². The van der Waals surface area contributed by atoms with Crippen LogP contribution in [0.4, 0.5) is 0 Å². The number of aliphatic hydroxyl groups excluding tert-OH is 1. The molecule has 1 unspecified atom stereocenters. The van der Waals surface area contributed by atoms with Crippen LogP contribution >= 0.6 is 0 Å². The Morgan fingerprint density at radius 2 is 1.62 bits per heavy atom. The molecule has 4 aliphatic rings. The maximum absolute atomic E-state index is 14.4. The summed E-state index contributed by atoms with van der Waals surface area (Å²) in [6, 6.07) is -1.43. The van der Waals surface area contributed by atoms with Gasteiger partial charge >= 0.3 is 0 Å². The number of carbonyl (C=O) groups is 3. The summed E-state index contributed by atoms with van der Waals surface area (Å²) in [6.45, 7) is 12.0. The summed E-state index contributed by atoms with van der Waals surface area (Å²) in [6.07, 6.45) is 12.0. The van der Waals surface area contributed by atoms with Crippen LogP contribution in [-0.2, 0) is 19.1 Å². The Morgan fingerprint density at radius 3 is 2.24 bits per heavy atom. The molecule has 8 nitrogen and oxygen atoms in total. The lowest BCUT2D eigenvalue weighted by Gasteiger charge is -2.40. The summed E-state index contributed by atoms with van der Waals surface area (Å²) < 4.78 is 6.86. The van der Waals surface area contributed by atoms with Crippen molar-refractivity contribution in [1.82, 2.24) is 14.7 Å². The highest BCUT2D eigenvalue weighted by Crippen LogP contribution is 2.58. The molecule has 3 amide bonds. The van der Waals surface area contributed by atoms with Crippen LogP contribution in [0.2, 0.25) is 0 Å². The van der Waals surface area contributed by atoms with Gasteiger partial charge in [-0.2, -0.15) is 0 Å². The van der Waals surface area contributed by atoms with Crippen molar-refractivity contribution in [2.45, 2.75) is 90.0 Å². The second-order valence-corrected chi connectivity index (χ2v) is 11.8. The SMILES string of the molecule is CCCCCN1CC=C[C@]23O[C@]4(C)C=CCN(CCC)C(=O)[C@@H]4[C@H]2C(=O)N([C@@H](CO)CC(C)C)C3C1=O. The minimum Gasteiger partial charge on any atom is -0.394 e. The zero-order valence-electron chi connectivity index (χ0n) is 23.2. The van der Waals surface area contributed by atoms with Gasteiger partial charge in [0, 0.05) is 26.2 Å². The summed E-state index contributed by atoms with van der Waals surface area (Å²) in [7, 11) is 0. The first kappa shape index (κ1) is 27.8. The summed E-state index contributed by atoms with van der Waals surface area (Å²) in [4.78, 5) is 47.9. The molecule has 0 bridgehead atoms. The number of carbonyl (C=O) groups excluding carboxylic acids is 3. The number of aliphatic hydroxyl groups is 1. The van der Waals surface area contributed by atoms with E-state index in [-0.39, 0.29) is 30.2 Å². The molecular weight excluding hydrogens is 470 g/mol. The molecule has 0 aromatic carbocycles. The number of fused-ring (bicyclic) bond motifs is 2. The molecule has 2 saturated heterocycles. The van der Waals surface area contributed by atoms with E-state index >= 15 is 0 Å². The van der Waals surface area contributed by atoms with E-state index in [1.165, 1.54) is 0 Å². The van der Waals surface area contributed by atoms with Gasteiger partial charge in [0.05, 0.1) is 30.1 Å². The lowest BCUT2D eigenvalue weighted by molar-refractivity contribution is -0.156. The van der Waals surface area contributed by atoms with Crippen molar-refractivity contribution in [2.75, 3.05) is 32.8 Å². The van der Waals surface area contributed by atoms with Gasteiger partial charge < -0.3 is 24.5 Å². The van der Waals surface area contributed by atoms with Crippen molar-refractivity contribution < 1.29 is 24.2 Å². The standard InChI is InChI=1S/C29H45N3O5/c1-6-8-9-15-31-17-11-13-29-23(22-25(34)30(14-7-2)16-10-12-28(22,5)37-29)26(35)32(24(29)27(31)36)21(19-33)18-20(3)4/h10-13,20-24,33H,6-9,14-19H2,1-5H3/t21-,22+,23+,24?,28-,29+/m1/s1. The van der Waals surface area contributed by atoms with Crippen molar-refractivity contribution in [3.63, 3.8) is 0 Å². The smallest absolute Gasteiger partial charge is 0.249 e. The van der Waals surface area contributed by atoms with Gasteiger partial charge in [-0.1, -0.05) is 64.8 Å². The third-order valence-corrected chi connectivity index (χ3v) is 8.53. The van der Waals surface area contributed by atoms with E-state index in [2.05, 4.69) is 6.92 Å². The minimum atomic E-state index is -1.26. The van der Waals surface area contributed by atoms with Crippen LogP contribution in [0.1, 0.15) is 66.7 Å². The topological polar surface area (TPSA) is 90.4 Å². The lowest BCUT2D eigenvalue weighted by Crippen LogP contribution is -2.59. The average molecular weight is 516 g/mol. The number of hydrogen-bond acceptors (Lipinski definition) is 5. The van der Waals surface area contributed by atoms with Crippen molar-refractivity contribution in [3.05, 3.63) is 24.3 Å². The molecule has 0 saturated carbocycles. The number of likely N-dealkylation sites (tertiary alicyclic amines) is 1. The zero-order valence-corrected chi connectivity index (χ0v) is 23.2. The number of nitrogens with zero attached hydrogens (tertiary/aromatic N) is 3. The largest absolute Gasteiger partial charge is 0.394 e. The summed E-state index contributed by atoms with van der Waals surface area (Å²) in [5.41, 5.74) is -2.26. The van der Waals surface area contributed by atoms with E-state index in [0.29, 0.717) is 32.6 Å². The molecule has 2 fully saturated rings. The molecule has 6 atom stereocenters. The molecule has 37 heavy (non-hydrogen) atoms. The molecule has 0 aromatic rings. The fraction of sp³-hybridized carbons (Fsp3) is 0.759. The van der Waals surface area contributed by atoms with Crippen LogP contribution in [-0.4, -0.2) is 93.6 Å². The number of hydrogen-bond donors (Lipinski definition) is 1. The highest BCUT2D eigenvalue weighted by atomic mass is 16.5. The Hall–Kier alpha value is -2.19. The maximum Gasteiger partial charge on any atom is 0.249 e. The van der Waals surface area contributed by atoms with Crippen LogP contribution in [0.25, 0.3) is 0 Å². The van der Waals surface area contributed by atoms with Crippen LogP contribution in [0.15, 0.2) is 24.3 Å². The first-order chi connectivity index (χ1) is 17.6. The van der Waals surface area contributed by atoms with Crippen LogP contribution in [0, 0.1) is 17.8 Å². The fourth-order valence-corrected chi connectivity index (χ4v) is 7.00. The molecule has 1 spiro atoms. The van der Waals surface area contributed by atoms with E-state index < -0.39 is 35.1 Å². The molecule has 8 heteroatoms. The summed E-state index contributed by atoms with van der Waals surface area (Å²) in [5.74, 6) is -1.85. The van der Waals surface area contributed by atoms with Gasteiger partial charge in [-0.25, -0.2) is 0 Å². The molecule has 0 radical (unpaired) electrons. The van der Waals surface area contributed by atoms with Gasteiger partial charge in [-0.05, 0) is 32.1 Å². The van der Waals surface area contributed by atoms with E-state index in [4.69, 9.17) is 4.74 Å². The van der Waals surface area contributed by atoms with Crippen molar-refractivity contribution >= 4 is 17.7 Å². The van der Waals surface area contributed by atoms with Gasteiger partial charge in [-0.3, -0.25) is 14.4 Å². The first-order valence-electron chi connectivity index (χ1n) is 14.2. The molecule has 4 heterocycles. The molecular formula is C29H45N3O5. The summed E-state index contributed by atoms with van der Waals surface area (Å²) >= 11 is 0. The molecule has 0 aromatic heterocycles. The van der Waals surface area contributed by atoms with Crippen LogP contribution in [0.5, 0.6) is 0 Å². The van der Waals surface area contributed by atoms with Gasteiger partial charge in [0.1, 0.15) is 11.6 Å². The Balaban J connectivity index is 1.83. The van der Waals surface area contributed by atoms with Gasteiger partial charge in [0.2, 0.25) is 17.7 Å². The quantitative estimate of drug-likeness (QED) is 0.357. The van der Waals surface area contributed by atoms with Gasteiger partial charge in [-0.15, -0.1) is 0 Å². The third-order valence-electron chi connectivity index (χ3n) is 8.53. The minimum absolute atomic E-state index is 0.0977. The van der Waals surface area contributed by atoms with Gasteiger partial charge in [0.15, 0.2) is 0 Å². The van der Waals surface area contributed by atoms with E-state index in [0.717, 1.165) is 25.7 Å². The molecule has 1 N–H and O–H groups in total. The van der Waals surface area contributed by atoms with E-state index in [9.17, 15) is 19.5 Å². The highest BCUT2D eigenvalue weighted by Gasteiger charge is 2.75.